The van der Waals surface area contributed by atoms with E-state index >= 15 is 0 Å². The number of alkyl halides is 2. The van der Waals surface area contributed by atoms with Crippen LogP contribution in [0, 0.1) is 6.92 Å². The van der Waals surface area contributed by atoms with Gasteiger partial charge in [0.1, 0.15) is 5.82 Å². The number of halogens is 2. The maximum atomic E-state index is 13.2. The average molecular weight is 373 g/mol. The molecule has 3 aromatic rings. The summed E-state index contributed by atoms with van der Waals surface area (Å²) in [5, 5.41) is 5.15. The number of aromatic nitrogens is 4. The van der Waals surface area contributed by atoms with Crippen molar-refractivity contribution in [2.24, 2.45) is 7.05 Å². The first-order valence-corrected chi connectivity index (χ1v) is 8.79. The number of fused-ring (bicyclic) bond motifs is 1. The summed E-state index contributed by atoms with van der Waals surface area (Å²) in [4.78, 5) is 12.4. The number of anilines is 3. The van der Waals surface area contributed by atoms with Crippen molar-refractivity contribution in [3.05, 3.63) is 35.8 Å². The van der Waals surface area contributed by atoms with Gasteiger partial charge in [-0.1, -0.05) is 12.1 Å². The maximum Gasteiger partial charge on any atom is 0.297 e. The van der Waals surface area contributed by atoms with Crippen molar-refractivity contribution in [2.75, 3.05) is 41.7 Å². The number of nitrogen functional groups attached to an aromatic ring is 1. The van der Waals surface area contributed by atoms with E-state index in [9.17, 15) is 8.78 Å². The van der Waals surface area contributed by atoms with E-state index in [4.69, 9.17) is 5.73 Å². The maximum absolute atomic E-state index is 13.2. The van der Waals surface area contributed by atoms with Crippen molar-refractivity contribution in [3.8, 4) is 0 Å². The van der Waals surface area contributed by atoms with E-state index < -0.39 is 12.2 Å². The summed E-state index contributed by atoms with van der Waals surface area (Å²) in [5.74, 6) is 1.02. The molecule has 0 aliphatic carbocycles. The van der Waals surface area contributed by atoms with Gasteiger partial charge in [0.2, 0.25) is 0 Å². The lowest BCUT2D eigenvalue weighted by atomic mass is 10.2. The fourth-order valence-corrected chi connectivity index (χ4v) is 3.58. The van der Waals surface area contributed by atoms with Crippen LogP contribution >= 0.6 is 0 Å². The minimum absolute atomic E-state index is 0.433. The third-order valence-electron chi connectivity index (χ3n) is 4.91. The van der Waals surface area contributed by atoms with E-state index in [2.05, 4.69) is 20.0 Å². The van der Waals surface area contributed by atoms with E-state index in [1.807, 2.05) is 31.0 Å². The van der Waals surface area contributed by atoms with Crippen LogP contribution in [-0.4, -0.2) is 45.9 Å². The number of hydrogen-bond donors (Lipinski definition) is 1. The zero-order chi connectivity index (χ0) is 19.1. The molecule has 4 rings (SSSR count). The second-order valence-electron chi connectivity index (χ2n) is 6.64. The highest BCUT2D eigenvalue weighted by Crippen LogP contribution is 2.30. The number of rotatable bonds is 3. The normalized spacial score (nSPS) is 15.1. The predicted molar refractivity (Wildman–Crippen MR) is 101 cm³/mol. The fraction of sp³-hybridized carbons (Fsp3) is 0.389. The van der Waals surface area contributed by atoms with Gasteiger partial charge in [0, 0.05) is 38.6 Å². The Balaban J connectivity index is 1.63. The first kappa shape index (κ1) is 17.4. The number of para-hydroxylation sites is 1. The first-order valence-electron chi connectivity index (χ1n) is 8.79. The van der Waals surface area contributed by atoms with E-state index in [0.717, 1.165) is 16.9 Å². The summed E-state index contributed by atoms with van der Waals surface area (Å²) in [6.45, 7) is 4.58. The van der Waals surface area contributed by atoms with Gasteiger partial charge in [0.15, 0.2) is 11.6 Å². The molecule has 2 N–H and O–H groups in total. The lowest BCUT2D eigenvalue weighted by Crippen LogP contribution is -2.47. The number of hydrogen-bond acceptors (Lipinski definition) is 6. The standard InChI is InChI=1S/C18H21F2N7/c1-11-14(21)18(25(2)24-11)27-9-7-26(8-10-27)17-12-5-3-4-6-13(12)22-16(23-17)15(19)20/h3-6,15H,7-10,21H2,1-2H3. The highest BCUT2D eigenvalue weighted by molar-refractivity contribution is 5.89. The number of aryl methyl sites for hydroxylation is 2. The largest absolute Gasteiger partial charge is 0.394 e. The molecule has 0 bridgehead atoms. The lowest BCUT2D eigenvalue weighted by molar-refractivity contribution is 0.141. The number of nitrogens with zero attached hydrogens (tertiary/aromatic N) is 6. The van der Waals surface area contributed by atoms with Crippen molar-refractivity contribution in [1.29, 1.82) is 0 Å². The van der Waals surface area contributed by atoms with Crippen LogP contribution in [0.25, 0.3) is 10.9 Å². The van der Waals surface area contributed by atoms with Crippen LogP contribution < -0.4 is 15.5 Å². The Morgan fingerprint density at radius 2 is 1.70 bits per heavy atom. The Bertz CT molecular complexity index is 977. The van der Waals surface area contributed by atoms with E-state index in [1.165, 1.54) is 0 Å². The van der Waals surface area contributed by atoms with Crippen LogP contribution in [0.5, 0.6) is 0 Å². The monoisotopic (exact) mass is 373 g/mol. The molecule has 0 atom stereocenters. The van der Waals surface area contributed by atoms with Crippen LogP contribution in [0.1, 0.15) is 17.9 Å². The summed E-state index contributed by atoms with van der Waals surface area (Å²) >= 11 is 0. The minimum atomic E-state index is -2.70. The summed E-state index contributed by atoms with van der Waals surface area (Å²) < 4.78 is 28.3. The number of piperazine rings is 1. The summed E-state index contributed by atoms with van der Waals surface area (Å²) in [5.41, 5.74) is 8.18. The molecule has 1 aromatic carbocycles. The van der Waals surface area contributed by atoms with Gasteiger partial charge in [-0.05, 0) is 19.1 Å². The van der Waals surface area contributed by atoms with E-state index in [0.29, 0.717) is 43.2 Å². The van der Waals surface area contributed by atoms with Gasteiger partial charge < -0.3 is 15.5 Å². The Morgan fingerprint density at radius 1 is 1.04 bits per heavy atom. The minimum Gasteiger partial charge on any atom is -0.394 e. The summed E-state index contributed by atoms with van der Waals surface area (Å²) in [6, 6.07) is 7.27. The van der Waals surface area contributed by atoms with Gasteiger partial charge in [0.05, 0.1) is 16.9 Å². The Morgan fingerprint density at radius 3 is 2.33 bits per heavy atom. The summed E-state index contributed by atoms with van der Waals surface area (Å²) in [7, 11) is 1.87. The average Bonchev–Trinajstić information content (AvgIpc) is 2.92. The second-order valence-corrected chi connectivity index (χ2v) is 6.64. The molecule has 0 amide bonds. The number of benzene rings is 1. The highest BCUT2D eigenvalue weighted by atomic mass is 19.3. The third kappa shape index (κ3) is 3.02. The smallest absolute Gasteiger partial charge is 0.297 e. The predicted octanol–water partition coefficient (Wildman–Crippen LogP) is 2.52. The van der Waals surface area contributed by atoms with Crippen LogP contribution in [0.4, 0.5) is 26.1 Å². The lowest BCUT2D eigenvalue weighted by Gasteiger charge is -2.37. The molecule has 3 heterocycles. The van der Waals surface area contributed by atoms with Crippen LogP contribution in [0.3, 0.4) is 0 Å². The fourth-order valence-electron chi connectivity index (χ4n) is 3.58. The van der Waals surface area contributed by atoms with Gasteiger partial charge in [0.25, 0.3) is 6.43 Å². The molecule has 142 valence electrons. The molecule has 0 unspecified atom stereocenters. The van der Waals surface area contributed by atoms with Crippen molar-refractivity contribution < 1.29 is 8.78 Å². The zero-order valence-electron chi connectivity index (χ0n) is 15.2. The third-order valence-corrected chi connectivity index (χ3v) is 4.91. The van der Waals surface area contributed by atoms with Crippen LogP contribution in [-0.2, 0) is 7.05 Å². The van der Waals surface area contributed by atoms with Crippen LogP contribution in [0.15, 0.2) is 24.3 Å². The topological polar surface area (TPSA) is 76.1 Å². The van der Waals surface area contributed by atoms with Gasteiger partial charge in [-0.25, -0.2) is 18.7 Å². The van der Waals surface area contributed by atoms with Gasteiger partial charge in [-0.2, -0.15) is 5.10 Å². The van der Waals surface area contributed by atoms with Crippen molar-refractivity contribution >= 4 is 28.2 Å². The van der Waals surface area contributed by atoms with Gasteiger partial charge in [-0.3, -0.25) is 4.68 Å². The molecule has 0 spiro atoms. The van der Waals surface area contributed by atoms with Crippen molar-refractivity contribution in [2.45, 2.75) is 13.3 Å². The molecule has 1 fully saturated rings. The number of nitrogens with two attached hydrogens (primary N) is 1. The second kappa shape index (κ2) is 6.64. The molecular weight excluding hydrogens is 352 g/mol. The highest BCUT2D eigenvalue weighted by Gasteiger charge is 2.25. The molecule has 9 heteroatoms. The first-order chi connectivity index (χ1) is 13.0. The molecule has 1 aliphatic rings. The molecule has 1 saturated heterocycles. The molecule has 27 heavy (non-hydrogen) atoms. The molecule has 0 saturated carbocycles. The molecular formula is C18H21F2N7. The van der Waals surface area contributed by atoms with Gasteiger partial charge in [-0.15, -0.1) is 0 Å². The van der Waals surface area contributed by atoms with Gasteiger partial charge >= 0.3 is 0 Å². The van der Waals surface area contributed by atoms with E-state index in [-0.39, 0.29) is 0 Å². The Labute approximate surface area is 155 Å². The molecule has 1 aliphatic heterocycles. The van der Waals surface area contributed by atoms with Crippen molar-refractivity contribution in [1.82, 2.24) is 19.7 Å². The quantitative estimate of drug-likeness (QED) is 0.760. The van der Waals surface area contributed by atoms with E-state index in [1.54, 1.807) is 16.8 Å². The Hall–Kier alpha value is -2.97. The molecule has 7 nitrogen and oxygen atoms in total. The molecule has 0 radical (unpaired) electrons. The summed E-state index contributed by atoms with van der Waals surface area (Å²) in [6.07, 6.45) is -2.70. The Kier molecular flexibility index (Phi) is 4.29. The van der Waals surface area contributed by atoms with Crippen LogP contribution in [0.2, 0.25) is 0 Å². The SMILES string of the molecule is Cc1nn(C)c(N2CCN(c3nc(C(F)F)nc4ccccc34)CC2)c1N. The van der Waals surface area contributed by atoms with Crippen molar-refractivity contribution in [3.63, 3.8) is 0 Å². The zero-order valence-corrected chi connectivity index (χ0v) is 15.2. The molecule has 2 aromatic heterocycles.